The molecular weight excluding hydrogens is 226 g/mol. The molecular formula is C15H19NO2. The van der Waals surface area contributed by atoms with E-state index >= 15 is 0 Å². The summed E-state index contributed by atoms with van der Waals surface area (Å²) in [4.78, 5) is 12.0. The molecule has 3 heteroatoms. The molecule has 0 N–H and O–H groups in total. The number of nitrogens with zero attached hydrogens (tertiary/aromatic N) is 1. The van der Waals surface area contributed by atoms with Gasteiger partial charge in [-0.2, -0.15) is 5.26 Å². The Labute approximate surface area is 108 Å². The van der Waals surface area contributed by atoms with Crippen molar-refractivity contribution in [1.82, 2.24) is 0 Å². The fourth-order valence-corrected chi connectivity index (χ4v) is 1.94. The van der Waals surface area contributed by atoms with Crippen LogP contribution in [0.5, 0.6) is 5.75 Å². The average Bonchev–Trinajstić information content (AvgIpc) is 2.39. The lowest BCUT2D eigenvalue weighted by Gasteiger charge is -2.14. The normalized spacial score (nSPS) is 11.7. The highest BCUT2D eigenvalue weighted by molar-refractivity contribution is 5.89. The van der Waals surface area contributed by atoms with E-state index in [1.807, 2.05) is 32.0 Å². The Morgan fingerprint density at radius 2 is 2.17 bits per heavy atom. The smallest absolute Gasteiger partial charge is 0.154 e. The summed E-state index contributed by atoms with van der Waals surface area (Å²) in [5.41, 5.74) is 1.80. The first-order valence-corrected chi connectivity index (χ1v) is 6.27. The Balaban J connectivity index is 3.18. The molecule has 0 radical (unpaired) electrons. The van der Waals surface area contributed by atoms with E-state index in [0.717, 1.165) is 18.4 Å². The summed E-state index contributed by atoms with van der Waals surface area (Å²) in [6.45, 7) is 3.98. The molecule has 0 spiro atoms. The second kappa shape index (κ2) is 6.80. The summed E-state index contributed by atoms with van der Waals surface area (Å²) >= 11 is 0. The third-order valence-electron chi connectivity index (χ3n) is 2.96. The first kappa shape index (κ1) is 14.2. The molecule has 0 aliphatic rings. The van der Waals surface area contributed by atoms with Crippen molar-refractivity contribution in [1.29, 1.82) is 5.26 Å². The molecule has 1 atom stereocenters. The van der Waals surface area contributed by atoms with Gasteiger partial charge in [-0.15, -0.1) is 0 Å². The van der Waals surface area contributed by atoms with E-state index in [-0.39, 0.29) is 5.78 Å². The molecule has 1 rings (SSSR count). The summed E-state index contributed by atoms with van der Waals surface area (Å²) in [5.74, 6) is -0.138. The van der Waals surface area contributed by atoms with Crippen LogP contribution in [0.1, 0.15) is 43.7 Å². The Morgan fingerprint density at radius 3 is 2.67 bits per heavy atom. The van der Waals surface area contributed by atoms with Crippen LogP contribution in [0.15, 0.2) is 18.2 Å². The summed E-state index contributed by atoms with van der Waals surface area (Å²) in [7, 11) is 1.56. The number of ether oxygens (including phenoxy) is 1. The van der Waals surface area contributed by atoms with E-state index in [4.69, 9.17) is 4.74 Å². The number of methoxy groups -OCH3 is 1. The molecule has 0 aliphatic carbocycles. The van der Waals surface area contributed by atoms with Crippen molar-refractivity contribution in [2.24, 2.45) is 0 Å². The van der Waals surface area contributed by atoms with Gasteiger partial charge in [-0.1, -0.05) is 26.0 Å². The number of Topliss-reactive ketones (excluding diaryl/α,β-unsaturated/α-hetero) is 1. The van der Waals surface area contributed by atoms with Crippen molar-refractivity contribution in [3.63, 3.8) is 0 Å². The van der Waals surface area contributed by atoms with Gasteiger partial charge in [-0.3, -0.25) is 4.79 Å². The molecule has 0 fully saturated rings. The zero-order valence-corrected chi connectivity index (χ0v) is 11.2. The number of benzene rings is 1. The summed E-state index contributed by atoms with van der Waals surface area (Å²) < 4.78 is 5.25. The maximum absolute atomic E-state index is 12.0. The van der Waals surface area contributed by atoms with Crippen LogP contribution in [-0.2, 0) is 11.2 Å². The first-order valence-electron chi connectivity index (χ1n) is 6.27. The van der Waals surface area contributed by atoms with Crippen LogP contribution >= 0.6 is 0 Å². The predicted molar refractivity (Wildman–Crippen MR) is 70.6 cm³/mol. The van der Waals surface area contributed by atoms with Gasteiger partial charge in [0.1, 0.15) is 11.7 Å². The Hall–Kier alpha value is -1.82. The van der Waals surface area contributed by atoms with Gasteiger partial charge >= 0.3 is 0 Å². The van der Waals surface area contributed by atoms with Gasteiger partial charge in [-0.25, -0.2) is 0 Å². The molecule has 0 amide bonds. The number of hydrogen-bond donors (Lipinski definition) is 0. The Kier molecular flexibility index (Phi) is 5.38. The molecule has 0 aromatic heterocycles. The molecule has 0 bridgehead atoms. The molecule has 0 saturated carbocycles. The van der Waals surface area contributed by atoms with Gasteiger partial charge < -0.3 is 4.74 Å². The number of nitriles is 1. The number of hydrogen-bond acceptors (Lipinski definition) is 3. The van der Waals surface area contributed by atoms with Gasteiger partial charge in [0, 0.05) is 12.0 Å². The molecule has 3 nitrogen and oxygen atoms in total. The van der Waals surface area contributed by atoms with Crippen LogP contribution in [0.25, 0.3) is 0 Å². The molecule has 1 aromatic carbocycles. The monoisotopic (exact) mass is 245 g/mol. The Bertz CT molecular complexity index is 460. The van der Waals surface area contributed by atoms with Crippen molar-refractivity contribution >= 4 is 5.78 Å². The largest absolute Gasteiger partial charge is 0.496 e. The number of aryl methyl sites for hydroxylation is 1. The standard InChI is InChI=1S/C15H19NO2/c1-4-6-14(17)13(10-16)12-9-11(5-2)7-8-15(12)18-3/h7-9,13H,4-6H2,1-3H3. The van der Waals surface area contributed by atoms with E-state index < -0.39 is 5.92 Å². The van der Waals surface area contributed by atoms with Crippen LogP contribution in [0.3, 0.4) is 0 Å². The summed E-state index contributed by atoms with van der Waals surface area (Å²) in [6, 6.07) is 7.79. The van der Waals surface area contributed by atoms with Crippen molar-refractivity contribution in [3.8, 4) is 11.8 Å². The van der Waals surface area contributed by atoms with E-state index in [2.05, 4.69) is 6.07 Å². The minimum atomic E-state index is -0.716. The maximum atomic E-state index is 12.0. The van der Waals surface area contributed by atoms with Crippen LogP contribution in [0.4, 0.5) is 0 Å². The van der Waals surface area contributed by atoms with Gasteiger partial charge in [0.15, 0.2) is 5.78 Å². The molecule has 1 aromatic rings. The molecule has 0 saturated heterocycles. The lowest BCUT2D eigenvalue weighted by molar-refractivity contribution is -0.119. The van der Waals surface area contributed by atoms with Crippen molar-refractivity contribution < 1.29 is 9.53 Å². The average molecular weight is 245 g/mol. The predicted octanol–water partition coefficient (Wildman–Crippen LogP) is 3.23. The highest BCUT2D eigenvalue weighted by atomic mass is 16.5. The summed E-state index contributed by atoms with van der Waals surface area (Å²) in [5, 5.41) is 9.23. The van der Waals surface area contributed by atoms with Gasteiger partial charge in [0.2, 0.25) is 0 Å². The molecule has 1 unspecified atom stereocenters. The van der Waals surface area contributed by atoms with Crippen LogP contribution in [-0.4, -0.2) is 12.9 Å². The third kappa shape index (κ3) is 3.10. The second-order valence-corrected chi connectivity index (χ2v) is 4.21. The summed E-state index contributed by atoms with van der Waals surface area (Å²) in [6.07, 6.45) is 2.06. The van der Waals surface area contributed by atoms with E-state index in [1.165, 1.54) is 0 Å². The van der Waals surface area contributed by atoms with E-state index in [9.17, 15) is 10.1 Å². The topological polar surface area (TPSA) is 50.1 Å². The minimum Gasteiger partial charge on any atom is -0.496 e. The van der Waals surface area contributed by atoms with Crippen LogP contribution in [0, 0.1) is 11.3 Å². The molecule has 0 aliphatic heterocycles. The number of ketones is 1. The highest BCUT2D eigenvalue weighted by Crippen LogP contribution is 2.29. The SMILES string of the molecule is CCCC(=O)C(C#N)c1cc(CC)ccc1OC. The van der Waals surface area contributed by atoms with E-state index in [0.29, 0.717) is 17.7 Å². The lowest BCUT2D eigenvalue weighted by Crippen LogP contribution is -2.12. The zero-order chi connectivity index (χ0) is 13.5. The maximum Gasteiger partial charge on any atom is 0.154 e. The molecule has 96 valence electrons. The minimum absolute atomic E-state index is 0.0356. The van der Waals surface area contributed by atoms with Gasteiger partial charge in [0.25, 0.3) is 0 Å². The molecule has 0 heterocycles. The number of carbonyl (C=O) groups excluding carboxylic acids is 1. The van der Waals surface area contributed by atoms with Gasteiger partial charge in [-0.05, 0) is 24.5 Å². The molecule has 18 heavy (non-hydrogen) atoms. The third-order valence-corrected chi connectivity index (χ3v) is 2.96. The second-order valence-electron chi connectivity index (χ2n) is 4.21. The fourth-order valence-electron chi connectivity index (χ4n) is 1.94. The number of carbonyl (C=O) groups is 1. The van der Waals surface area contributed by atoms with E-state index in [1.54, 1.807) is 7.11 Å². The fraction of sp³-hybridized carbons (Fsp3) is 0.467. The number of rotatable bonds is 6. The van der Waals surface area contributed by atoms with Gasteiger partial charge in [0.05, 0.1) is 13.2 Å². The zero-order valence-electron chi connectivity index (χ0n) is 11.2. The lowest BCUT2D eigenvalue weighted by atomic mass is 9.91. The van der Waals surface area contributed by atoms with Crippen LogP contribution < -0.4 is 4.74 Å². The quantitative estimate of drug-likeness (QED) is 0.773. The first-order chi connectivity index (χ1) is 8.67. The van der Waals surface area contributed by atoms with Crippen molar-refractivity contribution in [2.45, 2.75) is 39.0 Å². The van der Waals surface area contributed by atoms with Crippen molar-refractivity contribution in [3.05, 3.63) is 29.3 Å². The highest BCUT2D eigenvalue weighted by Gasteiger charge is 2.23. The Morgan fingerprint density at radius 1 is 1.44 bits per heavy atom. The van der Waals surface area contributed by atoms with Crippen molar-refractivity contribution in [2.75, 3.05) is 7.11 Å². The van der Waals surface area contributed by atoms with Crippen LogP contribution in [0.2, 0.25) is 0 Å².